The number of nitrogens with two attached hydrogens (primary N) is 1. The predicted octanol–water partition coefficient (Wildman–Crippen LogP) is -0.737. The zero-order valence-electron chi connectivity index (χ0n) is 7.52. The molecule has 2 heterocycles. The molecule has 14 heavy (non-hydrogen) atoms. The number of guanidine groups is 1. The lowest BCUT2D eigenvalue weighted by Gasteiger charge is -2.13. The highest BCUT2D eigenvalue weighted by molar-refractivity contribution is 7.90. The van der Waals surface area contributed by atoms with Crippen LogP contribution in [0.3, 0.4) is 0 Å². The fraction of sp³-hybridized carbons (Fsp3) is 0.286. The van der Waals surface area contributed by atoms with Gasteiger partial charge in [-0.2, -0.15) is 15.0 Å². The van der Waals surface area contributed by atoms with Crippen LogP contribution in [0.25, 0.3) is 0 Å². The average Bonchev–Trinajstić information content (AvgIpc) is 2.16. The van der Waals surface area contributed by atoms with E-state index in [0.717, 1.165) is 5.56 Å². The van der Waals surface area contributed by atoms with Crippen LogP contribution in [0.15, 0.2) is 16.3 Å². The van der Waals surface area contributed by atoms with Crippen molar-refractivity contribution < 1.29 is 4.55 Å². The Morgan fingerprint density at radius 3 is 3.14 bits per heavy atom. The molecule has 0 saturated heterocycles. The number of fused-ring (bicyclic) bond motifs is 1. The molecule has 0 aromatic carbocycles. The minimum absolute atomic E-state index is 0.280. The first-order chi connectivity index (χ1) is 6.66. The van der Waals surface area contributed by atoms with Crippen LogP contribution in [0.4, 0.5) is 5.82 Å². The summed E-state index contributed by atoms with van der Waals surface area (Å²) in [5.41, 5.74) is 6.33. The highest BCUT2D eigenvalue weighted by atomic mass is 32.2. The number of rotatable bonds is 1. The van der Waals surface area contributed by atoms with Gasteiger partial charge in [0.1, 0.15) is 6.26 Å². The van der Waals surface area contributed by atoms with E-state index in [1.54, 1.807) is 6.20 Å². The second-order valence-electron chi connectivity index (χ2n) is 2.81. The molecule has 3 N–H and O–H groups in total. The van der Waals surface area contributed by atoms with E-state index in [-0.39, 0.29) is 5.16 Å². The Kier molecular flexibility index (Phi) is 2.26. The quantitative estimate of drug-likeness (QED) is 0.471. The molecule has 1 aromatic rings. The van der Waals surface area contributed by atoms with E-state index < -0.39 is 11.2 Å². The SMILES string of the molecule is C[S+]([O-])c1ncc2c(n1)N=C(N)NC2. The Morgan fingerprint density at radius 1 is 1.64 bits per heavy atom. The minimum atomic E-state index is -1.19. The molecule has 1 unspecified atom stereocenters. The highest BCUT2D eigenvalue weighted by Gasteiger charge is 2.15. The van der Waals surface area contributed by atoms with Gasteiger partial charge < -0.3 is 15.6 Å². The molecule has 0 spiro atoms. The maximum atomic E-state index is 11.1. The Balaban J connectivity index is 2.44. The molecule has 74 valence electrons. The van der Waals surface area contributed by atoms with Crippen molar-refractivity contribution >= 4 is 23.0 Å². The van der Waals surface area contributed by atoms with E-state index in [1.807, 2.05) is 0 Å². The molecule has 2 rings (SSSR count). The first-order valence-corrected chi connectivity index (χ1v) is 5.50. The lowest BCUT2D eigenvalue weighted by atomic mass is 10.3. The summed E-state index contributed by atoms with van der Waals surface area (Å²) in [6, 6.07) is 0. The number of nitrogens with zero attached hydrogens (tertiary/aromatic N) is 3. The Hall–Kier alpha value is -1.34. The van der Waals surface area contributed by atoms with Crippen molar-refractivity contribution in [2.24, 2.45) is 10.7 Å². The maximum Gasteiger partial charge on any atom is 0.344 e. The second kappa shape index (κ2) is 3.43. The van der Waals surface area contributed by atoms with E-state index in [1.165, 1.54) is 6.26 Å². The van der Waals surface area contributed by atoms with Gasteiger partial charge in [0.05, 0.1) is 0 Å². The van der Waals surface area contributed by atoms with Crippen molar-refractivity contribution in [2.45, 2.75) is 11.7 Å². The molecule has 1 aliphatic heterocycles. The molecule has 1 atom stereocenters. The molecule has 0 amide bonds. The van der Waals surface area contributed by atoms with Gasteiger partial charge in [0.2, 0.25) is 0 Å². The van der Waals surface area contributed by atoms with Crippen LogP contribution >= 0.6 is 0 Å². The van der Waals surface area contributed by atoms with Gasteiger partial charge in [0, 0.05) is 29.5 Å². The number of hydrogen-bond acceptors (Lipinski definition) is 6. The highest BCUT2D eigenvalue weighted by Crippen LogP contribution is 2.19. The summed E-state index contributed by atoms with van der Waals surface area (Å²) in [6.07, 6.45) is 3.14. The van der Waals surface area contributed by atoms with Gasteiger partial charge in [0.15, 0.2) is 11.8 Å². The zero-order valence-corrected chi connectivity index (χ0v) is 8.34. The van der Waals surface area contributed by atoms with Crippen molar-refractivity contribution in [1.29, 1.82) is 0 Å². The Morgan fingerprint density at radius 2 is 2.43 bits per heavy atom. The van der Waals surface area contributed by atoms with Crippen LogP contribution in [0.2, 0.25) is 0 Å². The molecule has 0 aliphatic carbocycles. The van der Waals surface area contributed by atoms with E-state index in [9.17, 15) is 4.55 Å². The monoisotopic (exact) mass is 211 g/mol. The van der Waals surface area contributed by atoms with Crippen molar-refractivity contribution in [1.82, 2.24) is 15.3 Å². The third-order valence-electron chi connectivity index (χ3n) is 1.76. The van der Waals surface area contributed by atoms with Crippen molar-refractivity contribution in [3.8, 4) is 0 Å². The zero-order chi connectivity index (χ0) is 10.1. The van der Waals surface area contributed by atoms with E-state index in [0.29, 0.717) is 18.3 Å². The summed E-state index contributed by atoms with van der Waals surface area (Å²) in [5, 5.41) is 3.14. The average molecular weight is 211 g/mol. The first-order valence-electron chi connectivity index (χ1n) is 3.94. The smallest absolute Gasteiger partial charge is 0.344 e. The van der Waals surface area contributed by atoms with Gasteiger partial charge in [-0.25, -0.2) is 0 Å². The van der Waals surface area contributed by atoms with E-state index >= 15 is 0 Å². The van der Waals surface area contributed by atoms with Crippen molar-refractivity contribution in [3.63, 3.8) is 0 Å². The molecule has 0 radical (unpaired) electrons. The van der Waals surface area contributed by atoms with Gasteiger partial charge in [-0.3, -0.25) is 0 Å². The van der Waals surface area contributed by atoms with Crippen LogP contribution in [-0.4, -0.2) is 26.7 Å². The molecule has 7 heteroatoms. The number of hydrogen-bond donors (Lipinski definition) is 2. The molecule has 0 saturated carbocycles. The van der Waals surface area contributed by atoms with Gasteiger partial charge in [0.25, 0.3) is 0 Å². The lowest BCUT2D eigenvalue weighted by molar-refractivity contribution is 0.591. The molecule has 0 fully saturated rings. The lowest BCUT2D eigenvalue weighted by Crippen LogP contribution is -2.33. The number of aliphatic imine (C=N–C) groups is 1. The van der Waals surface area contributed by atoms with Gasteiger partial charge in [-0.05, 0) is 0 Å². The summed E-state index contributed by atoms with van der Waals surface area (Å²) in [7, 11) is 0. The van der Waals surface area contributed by atoms with Crippen LogP contribution in [-0.2, 0) is 17.7 Å². The topological polar surface area (TPSA) is 99.2 Å². The molecular formula is C7H9N5OS. The third kappa shape index (κ3) is 1.64. The number of aromatic nitrogens is 2. The van der Waals surface area contributed by atoms with Crippen LogP contribution in [0, 0.1) is 0 Å². The first kappa shape index (κ1) is 9.22. The predicted molar refractivity (Wildman–Crippen MR) is 52.5 cm³/mol. The van der Waals surface area contributed by atoms with E-state index in [4.69, 9.17) is 5.73 Å². The fourth-order valence-corrected chi connectivity index (χ4v) is 1.50. The van der Waals surface area contributed by atoms with Crippen molar-refractivity contribution in [2.75, 3.05) is 6.26 Å². The fourth-order valence-electron chi connectivity index (χ4n) is 1.08. The summed E-state index contributed by atoms with van der Waals surface area (Å²) in [6.45, 7) is 0.557. The van der Waals surface area contributed by atoms with Crippen LogP contribution < -0.4 is 11.1 Å². The van der Waals surface area contributed by atoms with Gasteiger partial charge >= 0.3 is 5.16 Å². The van der Waals surface area contributed by atoms with Gasteiger partial charge in [-0.15, -0.1) is 0 Å². The molecule has 1 aliphatic rings. The molecule has 1 aromatic heterocycles. The molecular weight excluding hydrogens is 202 g/mol. The summed E-state index contributed by atoms with van der Waals surface area (Å²) in [4.78, 5) is 12.0. The Labute approximate surface area is 83.8 Å². The second-order valence-corrected chi connectivity index (χ2v) is 4.08. The summed E-state index contributed by atoms with van der Waals surface area (Å²) >= 11 is -1.19. The summed E-state index contributed by atoms with van der Waals surface area (Å²) in [5.74, 6) is 0.825. The normalized spacial score (nSPS) is 16.6. The third-order valence-corrected chi connectivity index (χ3v) is 2.47. The standard InChI is InChI=1S/C7H9N5OS/c1-14(13)7-10-3-4-2-9-6(8)11-5(4)12-7/h3H,2H2,1H3,(H3,8,9,10,11,12). The van der Waals surface area contributed by atoms with Crippen molar-refractivity contribution in [3.05, 3.63) is 11.8 Å². The molecule has 6 nitrogen and oxygen atoms in total. The number of nitrogens with one attached hydrogen (secondary N) is 1. The summed E-state index contributed by atoms with van der Waals surface area (Å²) < 4.78 is 11.1. The van der Waals surface area contributed by atoms with E-state index in [2.05, 4.69) is 20.3 Å². The van der Waals surface area contributed by atoms with Gasteiger partial charge in [-0.1, -0.05) is 0 Å². The minimum Gasteiger partial charge on any atom is -0.609 e. The largest absolute Gasteiger partial charge is 0.609 e. The van der Waals surface area contributed by atoms with Crippen LogP contribution in [0.1, 0.15) is 5.56 Å². The Bertz CT molecular complexity index is 392. The maximum absolute atomic E-state index is 11.1. The molecule has 0 bridgehead atoms. The van der Waals surface area contributed by atoms with Crippen LogP contribution in [0.5, 0.6) is 0 Å².